The van der Waals surface area contributed by atoms with Crippen LogP contribution >= 0.6 is 0 Å². The second-order valence-corrected chi connectivity index (χ2v) is 8.73. The highest BCUT2D eigenvalue weighted by atomic mass is 16.7. The summed E-state index contributed by atoms with van der Waals surface area (Å²) in [6.07, 6.45) is 0. The third kappa shape index (κ3) is 7.01. The van der Waals surface area contributed by atoms with Crippen molar-refractivity contribution in [2.24, 2.45) is 0 Å². The zero-order chi connectivity index (χ0) is 27.9. The standard InChI is InChI=1S/C31H26O8/c1-19(2)29(32)37-17-35-26-10-7-21-13-25(6-5-22(21)14-26)31(34)39-28-12-9-23-15-27(11-8-24(23)16-28)36-18-38-30(33)20(3)4/h5-16H,1,3,17-18H2,2,4H3. The third-order valence-corrected chi connectivity index (χ3v) is 5.57. The average molecular weight is 527 g/mol. The molecule has 0 heterocycles. The van der Waals surface area contributed by atoms with Crippen LogP contribution in [0.25, 0.3) is 21.5 Å². The topological polar surface area (TPSA) is 97.4 Å². The van der Waals surface area contributed by atoms with E-state index in [-0.39, 0.29) is 13.6 Å². The lowest BCUT2D eigenvalue weighted by molar-refractivity contribution is -0.146. The highest BCUT2D eigenvalue weighted by Gasteiger charge is 2.11. The molecule has 8 nitrogen and oxygen atoms in total. The van der Waals surface area contributed by atoms with Gasteiger partial charge in [0.2, 0.25) is 13.6 Å². The van der Waals surface area contributed by atoms with Crippen LogP contribution in [0.1, 0.15) is 24.2 Å². The minimum absolute atomic E-state index is 0.224. The first-order valence-electron chi connectivity index (χ1n) is 11.9. The van der Waals surface area contributed by atoms with Crippen LogP contribution in [-0.4, -0.2) is 31.5 Å². The van der Waals surface area contributed by atoms with Crippen molar-refractivity contribution in [1.82, 2.24) is 0 Å². The Balaban J connectivity index is 1.38. The van der Waals surface area contributed by atoms with Crippen molar-refractivity contribution in [2.75, 3.05) is 13.6 Å². The summed E-state index contributed by atoms with van der Waals surface area (Å²) in [5, 5.41) is 3.35. The normalized spacial score (nSPS) is 10.5. The summed E-state index contributed by atoms with van der Waals surface area (Å²) in [7, 11) is 0. The Morgan fingerprint density at radius 1 is 0.590 bits per heavy atom. The van der Waals surface area contributed by atoms with Gasteiger partial charge in [-0.05, 0) is 83.9 Å². The number of carbonyl (C=O) groups is 3. The molecule has 39 heavy (non-hydrogen) atoms. The molecule has 0 aliphatic rings. The van der Waals surface area contributed by atoms with Gasteiger partial charge in [-0.2, -0.15) is 0 Å². The fraction of sp³-hybridized carbons (Fsp3) is 0.129. The smallest absolute Gasteiger partial charge is 0.343 e. The van der Waals surface area contributed by atoms with E-state index in [2.05, 4.69) is 13.2 Å². The van der Waals surface area contributed by atoms with E-state index in [4.69, 9.17) is 23.7 Å². The fourth-order valence-corrected chi connectivity index (χ4v) is 3.51. The summed E-state index contributed by atoms with van der Waals surface area (Å²) >= 11 is 0. The van der Waals surface area contributed by atoms with Crippen molar-refractivity contribution < 1.29 is 38.1 Å². The molecule has 0 N–H and O–H groups in total. The summed E-state index contributed by atoms with van der Waals surface area (Å²) in [4.78, 5) is 35.7. The van der Waals surface area contributed by atoms with Gasteiger partial charge in [0.05, 0.1) is 5.56 Å². The van der Waals surface area contributed by atoms with Crippen LogP contribution in [0.5, 0.6) is 17.2 Å². The summed E-state index contributed by atoms with van der Waals surface area (Å²) in [5.41, 5.74) is 0.974. The number of esters is 3. The number of ether oxygens (including phenoxy) is 5. The fourth-order valence-electron chi connectivity index (χ4n) is 3.51. The predicted molar refractivity (Wildman–Crippen MR) is 146 cm³/mol. The molecule has 0 radical (unpaired) electrons. The van der Waals surface area contributed by atoms with Gasteiger partial charge in [-0.3, -0.25) is 0 Å². The van der Waals surface area contributed by atoms with Crippen LogP contribution in [-0.2, 0) is 19.1 Å². The number of fused-ring (bicyclic) bond motifs is 2. The van der Waals surface area contributed by atoms with Gasteiger partial charge in [0.15, 0.2) is 0 Å². The second-order valence-electron chi connectivity index (χ2n) is 8.73. The zero-order valence-corrected chi connectivity index (χ0v) is 21.5. The summed E-state index contributed by atoms with van der Waals surface area (Å²) in [5.74, 6) is -0.106. The zero-order valence-electron chi connectivity index (χ0n) is 21.5. The molecular weight excluding hydrogens is 500 g/mol. The molecular formula is C31H26O8. The van der Waals surface area contributed by atoms with E-state index in [0.717, 1.165) is 21.5 Å². The molecule has 0 fully saturated rings. The Labute approximate surface area is 225 Å². The summed E-state index contributed by atoms with van der Waals surface area (Å²) < 4.78 is 26.4. The minimum atomic E-state index is -0.525. The molecule has 0 saturated carbocycles. The van der Waals surface area contributed by atoms with Crippen LogP contribution in [0.4, 0.5) is 0 Å². The Morgan fingerprint density at radius 3 is 1.49 bits per heavy atom. The van der Waals surface area contributed by atoms with Gasteiger partial charge >= 0.3 is 17.9 Å². The third-order valence-electron chi connectivity index (χ3n) is 5.57. The first-order valence-corrected chi connectivity index (χ1v) is 11.9. The van der Waals surface area contributed by atoms with Crippen molar-refractivity contribution in [3.63, 3.8) is 0 Å². The lowest BCUT2D eigenvalue weighted by Gasteiger charge is -2.10. The number of benzene rings is 4. The maximum Gasteiger partial charge on any atom is 0.343 e. The summed E-state index contributed by atoms with van der Waals surface area (Å²) in [6, 6.07) is 21.1. The maximum absolute atomic E-state index is 12.8. The van der Waals surface area contributed by atoms with Crippen LogP contribution in [0.3, 0.4) is 0 Å². The average Bonchev–Trinajstić information content (AvgIpc) is 2.92. The lowest BCUT2D eigenvalue weighted by Crippen LogP contribution is -2.10. The minimum Gasteiger partial charge on any atom is -0.457 e. The molecule has 0 aliphatic heterocycles. The second kappa shape index (κ2) is 12.0. The van der Waals surface area contributed by atoms with E-state index in [0.29, 0.717) is 34.0 Å². The van der Waals surface area contributed by atoms with Crippen LogP contribution in [0.2, 0.25) is 0 Å². The number of hydrogen-bond donors (Lipinski definition) is 0. The lowest BCUT2D eigenvalue weighted by atomic mass is 10.1. The van der Waals surface area contributed by atoms with E-state index in [9.17, 15) is 14.4 Å². The Hall–Kier alpha value is -5.11. The van der Waals surface area contributed by atoms with Gasteiger partial charge in [-0.1, -0.05) is 37.4 Å². The van der Waals surface area contributed by atoms with Gasteiger partial charge in [0.25, 0.3) is 0 Å². The van der Waals surface area contributed by atoms with Gasteiger partial charge in [-0.25, -0.2) is 14.4 Å². The largest absolute Gasteiger partial charge is 0.457 e. The van der Waals surface area contributed by atoms with Crippen LogP contribution in [0, 0.1) is 0 Å². The van der Waals surface area contributed by atoms with Gasteiger partial charge in [0.1, 0.15) is 17.2 Å². The first kappa shape index (κ1) is 26.9. The van der Waals surface area contributed by atoms with E-state index < -0.39 is 17.9 Å². The number of hydrogen-bond acceptors (Lipinski definition) is 8. The number of rotatable bonds is 10. The van der Waals surface area contributed by atoms with Crippen LogP contribution in [0.15, 0.2) is 97.1 Å². The Morgan fingerprint density at radius 2 is 1.00 bits per heavy atom. The van der Waals surface area contributed by atoms with E-state index in [1.54, 1.807) is 80.6 Å². The van der Waals surface area contributed by atoms with Gasteiger partial charge in [-0.15, -0.1) is 0 Å². The molecule has 8 heteroatoms. The summed E-state index contributed by atoms with van der Waals surface area (Å²) in [6.45, 7) is 9.70. The van der Waals surface area contributed by atoms with Crippen molar-refractivity contribution >= 4 is 39.5 Å². The molecule has 0 spiro atoms. The number of carbonyl (C=O) groups excluding carboxylic acids is 3. The molecule has 0 aliphatic carbocycles. The Kier molecular flexibility index (Phi) is 8.26. The molecule has 198 valence electrons. The van der Waals surface area contributed by atoms with Crippen LogP contribution < -0.4 is 14.2 Å². The highest BCUT2D eigenvalue weighted by molar-refractivity contribution is 5.97. The Bertz CT molecular complexity index is 1600. The maximum atomic E-state index is 12.8. The molecule has 0 aromatic heterocycles. The monoisotopic (exact) mass is 526 g/mol. The van der Waals surface area contributed by atoms with Crippen molar-refractivity contribution in [2.45, 2.75) is 13.8 Å². The molecule has 0 unspecified atom stereocenters. The van der Waals surface area contributed by atoms with E-state index in [1.165, 1.54) is 0 Å². The van der Waals surface area contributed by atoms with Gasteiger partial charge in [0, 0.05) is 11.1 Å². The molecule has 4 aromatic rings. The molecule has 0 amide bonds. The molecule has 0 atom stereocenters. The SMILES string of the molecule is C=C(C)C(=O)OCOc1ccc2cc(OC(=O)c3ccc4cc(OCOC(=O)C(=C)C)ccc4c3)ccc2c1. The first-order chi connectivity index (χ1) is 18.7. The quantitative estimate of drug-likeness (QED) is 0.105. The van der Waals surface area contributed by atoms with E-state index in [1.807, 2.05) is 6.07 Å². The van der Waals surface area contributed by atoms with Crippen molar-refractivity contribution in [1.29, 1.82) is 0 Å². The van der Waals surface area contributed by atoms with Crippen molar-refractivity contribution in [3.8, 4) is 17.2 Å². The van der Waals surface area contributed by atoms with E-state index >= 15 is 0 Å². The molecule has 4 aromatic carbocycles. The predicted octanol–water partition coefficient (Wildman–Crippen LogP) is 6.12. The van der Waals surface area contributed by atoms with Gasteiger partial charge < -0.3 is 23.7 Å². The van der Waals surface area contributed by atoms with Crippen molar-refractivity contribution in [3.05, 3.63) is 103 Å². The molecule has 0 saturated heterocycles. The molecule has 0 bridgehead atoms. The highest BCUT2D eigenvalue weighted by Crippen LogP contribution is 2.27. The molecule has 4 rings (SSSR count).